The lowest BCUT2D eigenvalue weighted by molar-refractivity contribution is 0.102. The van der Waals surface area contributed by atoms with Crippen molar-refractivity contribution in [1.29, 1.82) is 0 Å². The van der Waals surface area contributed by atoms with Gasteiger partial charge in [0.2, 0.25) is 0 Å². The summed E-state index contributed by atoms with van der Waals surface area (Å²) in [6.45, 7) is 1.89. The van der Waals surface area contributed by atoms with E-state index in [1.807, 2.05) is 13.0 Å². The van der Waals surface area contributed by atoms with Crippen molar-refractivity contribution in [2.24, 2.45) is 5.73 Å². The number of primary amides is 1. The van der Waals surface area contributed by atoms with Crippen molar-refractivity contribution in [2.45, 2.75) is 6.92 Å². The number of hydrogen-bond donors (Lipinski definition) is 3. The zero-order valence-corrected chi connectivity index (χ0v) is 12.1. The molecule has 5 nitrogen and oxygen atoms in total. The van der Waals surface area contributed by atoms with Crippen molar-refractivity contribution < 1.29 is 9.59 Å². The molecule has 0 aliphatic carbocycles. The SMILES string of the molecule is Cc1ccc(NC(=O)c2ccc(NC(N)=O)cc2)cc1Cl. The van der Waals surface area contributed by atoms with Crippen LogP contribution in [0.1, 0.15) is 15.9 Å². The number of amides is 3. The Hall–Kier alpha value is -2.53. The van der Waals surface area contributed by atoms with E-state index in [-0.39, 0.29) is 5.91 Å². The van der Waals surface area contributed by atoms with Gasteiger partial charge in [0.05, 0.1) is 0 Å². The van der Waals surface area contributed by atoms with E-state index in [1.165, 1.54) is 0 Å². The molecule has 2 aromatic rings. The minimum Gasteiger partial charge on any atom is -0.351 e. The van der Waals surface area contributed by atoms with Crippen LogP contribution in [0.15, 0.2) is 42.5 Å². The summed E-state index contributed by atoms with van der Waals surface area (Å²) in [6.07, 6.45) is 0. The Bertz CT molecular complexity index is 684. The third-order valence-electron chi connectivity index (χ3n) is 2.84. The molecule has 0 aliphatic rings. The van der Waals surface area contributed by atoms with Crippen molar-refractivity contribution in [1.82, 2.24) is 0 Å². The first-order chi connectivity index (χ1) is 9.95. The normalized spacial score (nSPS) is 10.0. The molecular formula is C15H14ClN3O2. The van der Waals surface area contributed by atoms with Crippen LogP contribution in [0, 0.1) is 6.92 Å². The largest absolute Gasteiger partial charge is 0.351 e. The highest BCUT2D eigenvalue weighted by molar-refractivity contribution is 6.31. The Balaban J connectivity index is 2.09. The average Bonchev–Trinajstić information content (AvgIpc) is 2.43. The second-order valence-electron chi connectivity index (χ2n) is 4.48. The number of rotatable bonds is 3. The number of carbonyl (C=O) groups excluding carboxylic acids is 2. The van der Waals surface area contributed by atoms with Gasteiger partial charge in [0.15, 0.2) is 0 Å². The van der Waals surface area contributed by atoms with Gasteiger partial charge in [-0.25, -0.2) is 4.79 Å². The zero-order chi connectivity index (χ0) is 15.4. The van der Waals surface area contributed by atoms with E-state index in [1.54, 1.807) is 36.4 Å². The number of hydrogen-bond acceptors (Lipinski definition) is 2. The van der Waals surface area contributed by atoms with Gasteiger partial charge in [-0.1, -0.05) is 17.7 Å². The second-order valence-corrected chi connectivity index (χ2v) is 4.89. The van der Waals surface area contributed by atoms with Crippen LogP contribution in [0.25, 0.3) is 0 Å². The number of benzene rings is 2. The minimum absolute atomic E-state index is 0.263. The lowest BCUT2D eigenvalue weighted by atomic mass is 10.1. The highest BCUT2D eigenvalue weighted by atomic mass is 35.5. The molecule has 0 saturated carbocycles. The van der Waals surface area contributed by atoms with Crippen LogP contribution in [0.2, 0.25) is 5.02 Å². The Morgan fingerprint density at radius 3 is 2.19 bits per heavy atom. The molecule has 0 aliphatic heterocycles. The molecule has 0 atom stereocenters. The maximum atomic E-state index is 12.1. The van der Waals surface area contributed by atoms with Crippen LogP contribution >= 0.6 is 11.6 Å². The summed E-state index contributed by atoms with van der Waals surface area (Å²) in [5.74, 6) is -0.263. The number of anilines is 2. The summed E-state index contributed by atoms with van der Waals surface area (Å²) in [6, 6.07) is 11.0. The van der Waals surface area contributed by atoms with Crippen LogP contribution in [-0.2, 0) is 0 Å². The molecule has 2 aromatic carbocycles. The van der Waals surface area contributed by atoms with Crippen LogP contribution in [0.4, 0.5) is 16.2 Å². The molecule has 0 bridgehead atoms. The monoisotopic (exact) mass is 303 g/mol. The topological polar surface area (TPSA) is 84.2 Å². The predicted molar refractivity (Wildman–Crippen MR) is 83.8 cm³/mol. The van der Waals surface area contributed by atoms with Crippen LogP contribution in [-0.4, -0.2) is 11.9 Å². The van der Waals surface area contributed by atoms with E-state index in [0.29, 0.717) is 22.0 Å². The summed E-state index contributed by atoms with van der Waals surface area (Å²) in [5.41, 5.74) is 7.56. The number of nitrogens with one attached hydrogen (secondary N) is 2. The van der Waals surface area contributed by atoms with Gasteiger partial charge < -0.3 is 16.4 Å². The first-order valence-electron chi connectivity index (χ1n) is 6.20. The van der Waals surface area contributed by atoms with E-state index in [9.17, 15) is 9.59 Å². The molecule has 0 saturated heterocycles. The molecular weight excluding hydrogens is 290 g/mol. The Labute approximate surface area is 127 Å². The predicted octanol–water partition coefficient (Wildman–Crippen LogP) is 3.39. The van der Waals surface area contributed by atoms with Crippen molar-refractivity contribution in [3.05, 3.63) is 58.6 Å². The molecule has 0 radical (unpaired) electrons. The van der Waals surface area contributed by atoms with Gasteiger partial charge in [-0.15, -0.1) is 0 Å². The lowest BCUT2D eigenvalue weighted by Crippen LogP contribution is -2.19. The summed E-state index contributed by atoms with van der Waals surface area (Å²) < 4.78 is 0. The summed E-state index contributed by atoms with van der Waals surface area (Å²) in [7, 11) is 0. The standard InChI is InChI=1S/C15H14ClN3O2/c1-9-2-5-12(8-13(9)16)18-14(20)10-3-6-11(7-4-10)19-15(17)21/h2-8H,1H3,(H,18,20)(H3,17,19,21). The maximum Gasteiger partial charge on any atom is 0.316 e. The van der Waals surface area contributed by atoms with Crippen molar-refractivity contribution in [2.75, 3.05) is 10.6 Å². The Morgan fingerprint density at radius 1 is 1.00 bits per heavy atom. The third kappa shape index (κ3) is 3.97. The van der Waals surface area contributed by atoms with Gasteiger partial charge in [0, 0.05) is 22.0 Å². The summed E-state index contributed by atoms with van der Waals surface area (Å²) >= 11 is 6.01. The van der Waals surface area contributed by atoms with Crippen molar-refractivity contribution in [3.63, 3.8) is 0 Å². The highest BCUT2D eigenvalue weighted by Crippen LogP contribution is 2.20. The first-order valence-corrected chi connectivity index (χ1v) is 6.57. The van der Waals surface area contributed by atoms with Gasteiger partial charge in [0.25, 0.3) is 5.91 Å². The lowest BCUT2D eigenvalue weighted by Gasteiger charge is -2.08. The van der Waals surface area contributed by atoms with E-state index in [2.05, 4.69) is 10.6 Å². The Morgan fingerprint density at radius 2 is 1.62 bits per heavy atom. The van der Waals surface area contributed by atoms with Crippen LogP contribution in [0.5, 0.6) is 0 Å². The fourth-order valence-corrected chi connectivity index (χ4v) is 1.90. The van der Waals surface area contributed by atoms with Gasteiger partial charge in [-0.05, 0) is 48.9 Å². The van der Waals surface area contributed by atoms with E-state index < -0.39 is 6.03 Å². The van der Waals surface area contributed by atoms with E-state index in [0.717, 1.165) is 5.56 Å². The fourth-order valence-electron chi connectivity index (χ4n) is 1.72. The van der Waals surface area contributed by atoms with Crippen molar-refractivity contribution >= 4 is 34.9 Å². The molecule has 4 N–H and O–H groups in total. The Kier molecular flexibility index (Phi) is 4.45. The van der Waals surface area contributed by atoms with E-state index in [4.69, 9.17) is 17.3 Å². The molecule has 0 unspecified atom stereocenters. The molecule has 21 heavy (non-hydrogen) atoms. The van der Waals surface area contributed by atoms with Gasteiger partial charge in [0.1, 0.15) is 0 Å². The van der Waals surface area contributed by atoms with Crippen LogP contribution < -0.4 is 16.4 Å². The zero-order valence-electron chi connectivity index (χ0n) is 11.3. The molecule has 0 spiro atoms. The van der Waals surface area contributed by atoms with Gasteiger partial charge >= 0.3 is 6.03 Å². The minimum atomic E-state index is -0.651. The first kappa shape index (κ1) is 14.9. The maximum absolute atomic E-state index is 12.1. The molecule has 108 valence electrons. The van der Waals surface area contributed by atoms with Gasteiger partial charge in [-0.2, -0.15) is 0 Å². The smallest absolute Gasteiger partial charge is 0.316 e. The number of nitrogens with two attached hydrogens (primary N) is 1. The molecule has 2 rings (SSSR count). The fraction of sp³-hybridized carbons (Fsp3) is 0.0667. The molecule has 0 fully saturated rings. The van der Waals surface area contributed by atoms with Crippen LogP contribution in [0.3, 0.4) is 0 Å². The summed E-state index contributed by atoms with van der Waals surface area (Å²) in [5, 5.41) is 5.77. The van der Waals surface area contributed by atoms with Crippen molar-refractivity contribution in [3.8, 4) is 0 Å². The van der Waals surface area contributed by atoms with Gasteiger partial charge in [-0.3, -0.25) is 4.79 Å². The average molecular weight is 304 g/mol. The number of halogens is 1. The highest BCUT2D eigenvalue weighted by Gasteiger charge is 2.07. The molecule has 0 aromatic heterocycles. The number of carbonyl (C=O) groups is 2. The quantitative estimate of drug-likeness (QED) is 0.812. The molecule has 3 amide bonds. The molecule has 0 heterocycles. The third-order valence-corrected chi connectivity index (χ3v) is 3.25. The van der Waals surface area contributed by atoms with E-state index >= 15 is 0 Å². The number of aryl methyl sites for hydroxylation is 1. The molecule has 6 heteroatoms. The summed E-state index contributed by atoms with van der Waals surface area (Å²) in [4.78, 5) is 22.8. The number of urea groups is 1. The second kappa shape index (κ2) is 6.28.